The summed E-state index contributed by atoms with van der Waals surface area (Å²) >= 11 is 0. The zero-order valence-corrected chi connectivity index (χ0v) is 15.7. The molecule has 1 aliphatic heterocycles. The zero-order valence-electron chi connectivity index (χ0n) is 15.7. The molecule has 2 aromatic carbocycles. The van der Waals surface area contributed by atoms with Crippen LogP contribution >= 0.6 is 0 Å². The summed E-state index contributed by atoms with van der Waals surface area (Å²) in [6.07, 6.45) is 0. The number of methoxy groups -OCH3 is 2. The molecule has 0 radical (unpaired) electrons. The molecule has 6 heteroatoms. The van der Waals surface area contributed by atoms with Crippen LogP contribution < -0.4 is 9.47 Å². The predicted octanol–water partition coefficient (Wildman–Crippen LogP) is 2.34. The summed E-state index contributed by atoms with van der Waals surface area (Å²) in [4.78, 5) is 29.0. The standard InChI is InChI=1S/C21H24N2O4/c1-26-19-9-8-17(14-20(19)27-2)21(25)23-12-10-22(11-13-23)15-18(24)16-6-4-3-5-7-16/h3-9,14H,10-13,15H2,1-2H3. The number of hydrogen-bond acceptors (Lipinski definition) is 5. The lowest BCUT2D eigenvalue weighted by molar-refractivity contribution is 0.0624. The minimum atomic E-state index is -0.0370. The van der Waals surface area contributed by atoms with Crippen molar-refractivity contribution in [1.29, 1.82) is 0 Å². The van der Waals surface area contributed by atoms with E-state index < -0.39 is 0 Å². The van der Waals surface area contributed by atoms with Gasteiger partial charge in [-0.05, 0) is 18.2 Å². The fraction of sp³-hybridized carbons (Fsp3) is 0.333. The van der Waals surface area contributed by atoms with Crippen molar-refractivity contribution in [3.8, 4) is 11.5 Å². The van der Waals surface area contributed by atoms with E-state index in [1.54, 1.807) is 32.4 Å². The molecule has 0 unspecified atom stereocenters. The summed E-state index contributed by atoms with van der Waals surface area (Å²) < 4.78 is 10.5. The molecule has 142 valence electrons. The number of ether oxygens (including phenoxy) is 2. The first-order chi connectivity index (χ1) is 13.1. The first kappa shape index (κ1) is 18.9. The average molecular weight is 368 g/mol. The number of benzene rings is 2. The lowest BCUT2D eigenvalue weighted by Gasteiger charge is -2.34. The Bertz CT molecular complexity index is 799. The number of amides is 1. The molecule has 1 fully saturated rings. The van der Waals surface area contributed by atoms with E-state index in [1.165, 1.54) is 0 Å². The third-order valence-corrected chi connectivity index (χ3v) is 4.75. The highest BCUT2D eigenvalue weighted by Crippen LogP contribution is 2.28. The normalized spacial score (nSPS) is 14.7. The maximum Gasteiger partial charge on any atom is 0.254 e. The summed E-state index contributed by atoms with van der Waals surface area (Å²) in [7, 11) is 3.12. The Labute approximate surface area is 159 Å². The van der Waals surface area contributed by atoms with Crippen molar-refractivity contribution in [3.63, 3.8) is 0 Å². The highest BCUT2D eigenvalue weighted by molar-refractivity contribution is 5.97. The van der Waals surface area contributed by atoms with Gasteiger partial charge in [0, 0.05) is 37.3 Å². The van der Waals surface area contributed by atoms with E-state index in [2.05, 4.69) is 4.90 Å². The van der Waals surface area contributed by atoms with Crippen molar-refractivity contribution in [2.75, 3.05) is 46.9 Å². The van der Waals surface area contributed by atoms with E-state index in [0.717, 1.165) is 5.56 Å². The van der Waals surface area contributed by atoms with E-state index in [-0.39, 0.29) is 11.7 Å². The number of Topliss-reactive ketones (excluding diaryl/α,β-unsaturated/α-hetero) is 1. The monoisotopic (exact) mass is 368 g/mol. The Balaban J connectivity index is 1.57. The Morgan fingerprint density at radius 3 is 2.15 bits per heavy atom. The minimum absolute atomic E-state index is 0.0370. The van der Waals surface area contributed by atoms with Crippen LogP contribution in [0.3, 0.4) is 0 Å². The Morgan fingerprint density at radius 1 is 0.852 bits per heavy atom. The maximum atomic E-state index is 12.8. The summed E-state index contributed by atoms with van der Waals surface area (Å²) in [5.74, 6) is 1.20. The number of carbonyl (C=O) groups excluding carboxylic acids is 2. The van der Waals surface area contributed by atoms with Gasteiger partial charge < -0.3 is 14.4 Å². The summed E-state index contributed by atoms with van der Waals surface area (Å²) in [5, 5.41) is 0. The second-order valence-electron chi connectivity index (χ2n) is 6.43. The molecule has 1 saturated heterocycles. The molecule has 6 nitrogen and oxygen atoms in total. The number of ketones is 1. The van der Waals surface area contributed by atoms with Crippen LogP contribution in [0, 0.1) is 0 Å². The molecule has 0 atom stereocenters. The molecular formula is C21H24N2O4. The maximum absolute atomic E-state index is 12.8. The SMILES string of the molecule is COc1ccc(C(=O)N2CCN(CC(=O)c3ccccc3)CC2)cc1OC. The highest BCUT2D eigenvalue weighted by atomic mass is 16.5. The van der Waals surface area contributed by atoms with Crippen molar-refractivity contribution >= 4 is 11.7 Å². The Hall–Kier alpha value is -2.86. The second-order valence-corrected chi connectivity index (χ2v) is 6.43. The van der Waals surface area contributed by atoms with Gasteiger partial charge in [0.15, 0.2) is 17.3 Å². The Morgan fingerprint density at radius 2 is 1.52 bits per heavy atom. The van der Waals surface area contributed by atoms with Gasteiger partial charge in [0.2, 0.25) is 0 Å². The van der Waals surface area contributed by atoms with E-state index in [4.69, 9.17) is 9.47 Å². The smallest absolute Gasteiger partial charge is 0.254 e. The Kier molecular flexibility index (Phi) is 6.08. The molecule has 2 aromatic rings. The topological polar surface area (TPSA) is 59.1 Å². The van der Waals surface area contributed by atoms with Gasteiger partial charge in [-0.25, -0.2) is 0 Å². The predicted molar refractivity (Wildman–Crippen MR) is 103 cm³/mol. The van der Waals surface area contributed by atoms with Crippen LogP contribution in [0.2, 0.25) is 0 Å². The average Bonchev–Trinajstić information content (AvgIpc) is 2.73. The number of piperazine rings is 1. The van der Waals surface area contributed by atoms with Crippen molar-refractivity contribution < 1.29 is 19.1 Å². The molecule has 0 aromatic heterocycles. The lowest BCUT2D eigenvalue weighted by Crippen LogP contribution is -2.49. The molecular weight excluding hydrogens is 344 g/mol. The number of carbonyl (C=O) groups is 2. The van der Waals surface area contributed by atoms with E-state index in [0.29, 0.717) is 49.8 Å². The van der Waals surface area contributed by atoms with Crippen LogP contribution in [0.1, 0.15) is 20.7 Å². The van der Waals surface area contributed by atoms with E-state index in [1.807, 2.05) is 35.2 Å². The summed E-state index contributed by atoms with van der Waals surface area (Å²) in [5.41, 5.74) is 1.29. The number of rotatable bonds is 6. The lowest BCUT2D eigenvalue weighted by atomic mass is 10.1. The van der Waals surface area contributed by atoms with Gasteiger partial charge in [0.25, 0.3) is 5.91 Å². The van der Waals surface area contributed by atoms with Crippen LogP contribution in [0.4, 0.5) is 0 Å². The molecule has 0 aliphatic carbocycles. The third-order valence-electron chi connectivity index (χ3n) is 4.75. The summed E-state index contributed by atoms with van der Waals surface area (Å²) in [6, 6.07) is 14.5. The molecule has 1 amide bonds. The molecule has 1 aliphatic rings. The van der Waals surface area contributed by atoms with Gasteiger partial charge in [0.1, 0.15) is 0 Å². The fourth-order valence-corrected chi connectivity index (χ4v) is 3.18. The van der Waals surface area contributed by atoms with Gasteiger partial charge in [-0.15, -0.1) is 0 Å². The fourth-order valence-electron chi connectivity index (χ4n) is 3.18. The van der Waals surface area contributed by atoms with E-state index in [9.17, 15) is 9.59 Å². The van der Waals surface area contributed by atoms with Crippen molar-refractivity contribution in [2.45, 2.75) is 0 Å². The van der Waals surface area contributed by atoms with Gasteiger partial charge in [-0.3, -0.25) is 14.5 Å². The number of hydrogen-bond donors (Lipinski definition) is 0. The minimum Gasteiger partial charge on any atom is -0.493 e. The molecule has 0 spiro atoms. The zero-order chi connectivity index (χ0) is 19.2. The van der Waals surface area contributed by atoms with Crippen LogP contribution in [-0.4, -0.2) is 68.4 Å². The molecule has 0 N–H and O–H groups in total. The first-order valence-corrected chi connectivity index (χ1v) is 8.94. The van der Waals surface area contributed by atoms with Crippen LogP contribution in [0.5, 0.6) is 11.5 Å². The third kappa shape index (κ3) is 4.46. The van der Waals surface area contributed by atoms with Crippen molar-refractivity contribution in [2.24, 2.45) is 0 Å². The quantitative estimate of drug-likeness (QED) is 0.733. The summed E-state index contributed by atoms with van der Waals surface area (Å²) in [6.45, 7) is 2.92. The molecule has 27 heavy (non-hydrogen) atoms. The van der Waals surface area contributed by atoms with Crippen LogP contribution in [0.15, 0.2) is 48.5 Å². The van der Waals surface area contributed by atoms with Gasteiger partial charge in [0.05, 0.1) is 20.8 Å². The molecule has 0 saturated carbocycles. The van der Waals surface area contributed by atoms with Gasteiger partial charge in [-0.2, -0.15) is 0 Å². The first-order valence-electron chi connectivity index (χ1n) is 8.94. The molecule has 3 rings (SSSR count). The van der Waals surface area contributed by atoms with Crippen molar-refractivity contribution in [3.05, 3.63) is 59.7 Å². The molecule has 1 heterocycles. The van der Waals surface area contributed by atoms with Crippen LogP contribution in [-0.2, 0) is 0 Å². The molecule has 0 bridgehead atoms. The van der Waals surface area contributed by atoms with Crippen molar-refractivity contribution in [1.82, 2.24) is 9.80 Å². The van der Waals surface area contributed by atoms with Gasteiger partial charge >= 0.3 is 0 Å². The second kappa shape index (κ2) is 8.68. The van der Waals surface area contributed by atoms with Crippen LogP contribution in [0.25, 0.3) is 0 Å². The number of nitrogens with zero attached hydrogens (tertiary/aromatic N) is 2. The highest BCUT2D eigenvalue weighted by Gasteiger charge is 2.24. The largest absolute Gasteiger partial charge is 0.493 e. The van der Waals surface area contributed by atoms with E-state index >= 15 is 0 Å². The van der Waals surface area contributed by atoms with Gasteiger partial charge in [-0.1, -0.05) is 30.3 Å².